The first-order chi connectivity index (χ1) is 13.4. The van der Waals surface area contributed by atoms with E-state index in [4.69, 9.17) is 0 Å². The lowest BCUT2D eigenvalue weighted by molar-refractivity contribution is 0.0925. The van der Waals surface area contributed by atoms with Crippen molar-refractivity contribution >= 4 is 15.9 Å². The Morgan fingerprint density at radius 2 is 1.71 bits per heavy atom. The summed E-state index contributed by atoms with van der Waals surface area (Å²) >= 11 is 0. The van der Waals surface area contributed by atoms with E-state index >= 15 is 0 Å². The summed E-state index contributed by atoms with van der Waals surface area (Å²) in [5, 5.41) is 3.10. The molecule has 1 saturated carbocycles. The average molecular weight is 401 g/mol. The minimum Gasteiger partial charge on any atom is -0.349 e. The van der Waals surface area contributed by atoms with Crippen LogP contribution in [0.15, 0.2) is 53.4 Å². The summed E-state index contributed by atoms with van der Waals surface area (Å²) in [6.45, 7) is 3.86. The van der Waals surface area contributed by atoms with Crippen LogP contribution in [0.3, 0.4) is 0 Å². The van der Waals surface area contributed by atoms with Gasteiger partial charge in [-0.2, -0.15) is 0 Å². The van der Waals surface area contributed by atoms with Gasteiger partial charge in [-0.25, -0.2) is 13.1 Å². The highest BCUT2D eigenvalue weighted by molar-refractivity contribution is 7.89. The van der Waals surface area contributed by atoms with Crippen LogP contribution < -0.4 is 10.0 Å². The fourth-order valence-electron chi connectivity index (χ4n) is 3.85. The molecule has 2 aromatic carbocycles. The second kappa shape index (κ2) is 8.88. The van der Waals surface area contributed by atoms with Crippen molar-refractivity contribution in [2.24, 2.45) is 0 Å². The van der Waals surface area contributed by atoms with Crippen LogP contribution >= 0.6 is 0 Å². The first-order valence-electron chi connectivity index (χ1n) is 9.87. The number of carbonyl (C=O) groups is 1. The quantitative estimate of drug-likeness (QED) is 0.775. The van der Waals surface area contributed by atoms with E-state index < -0.39 is 10.0 Å². The summed E-state index contributed by atoms with van der Waals surface area (Å²) in [5.41, 5.74) is 2.56. The van der Waals surface area contributed by atoms with Crippen molar-refractivity contribution in [3.05, 3.63) is 65.2 Å². The Hall–Kier alpha value is -2.18. The highest BCUT2D eigenvalue weighted by Gasteiger charge is 2.25. The molecule has 3 rings (SSSR count). The molecule has 2 N–H and O–H groups in total. The van der Waals surface area contributed by atoms with Crippen LogP contribution in [0.4, 0.5) is 0 Å². The van der Waals surface area contributed by atoms with Crippen LogP contribution in [0, 0.1) is 6.92 Å². The number of benzene rings is 2. The van der Waals surface area contributed by atoms with Gasteiger partial charge in [0.15, 0.2) is 0 Å². The fourth-order valence-corrected chi connectivity index (χ4v) is 4.91. The first-order valence-corrected chi connectivity index (χ1v) is 11.3. The summed E-state index contributed by atoms with van der Waals surface area (Å²) in [5.74, 6) is 0.346. The number of aryl methyl sites for hydroxylation is 1. The molecule has 0 radical (unpaired) electrons. The van der Waals surface area contributed by atoms with Crippen molar-refractivity contribution in [3.8, 4) is 0 Å². The van der Waals surface area contributed by atoms with E-state index in [9.17, 15) is 13.2 Å². The largest absolute Gasteiger partial charge is 0.349 e. The Labute approximate surface area is 167 Å². The Morgan fingerprint density at radius 3 is 2.36 bits per heavy atom. The van der Waals surface area contributed by atoms with Gasteiger partial charge >= 0.3 is 0 Å². The molecule has 28 heavy (non-hydrogen) atoms. The average Bonchev–Trinajstić information content (AvgIpc) is 2.69. The van der Waals surface area contributed by atoms with Crippen LogP contribution in [-0.2, 0) is 10.0 Å². The number of sulfonamides is 1. The van der Waals surface area contributed by atoms with Gasteiger partial charge in [0.1, 0.15) is 0 Å². The number of hydrogen-bond donors (Lipinski definition) is 2. The predicted octanol–water partition coefficient (Wildman–Crippen LogP) is 3.75. The van der Waals surface area contributed by atoms with Crippen molar-refractivity contribution in [2.45, 2.75) is 56.4 Å². The lowest BCUT2D eigenvalue weighted by Gasteiger charge is -2.29. The normalized spacial score (nSPS) is 19.9. The monoisotopic (exact) mass is 400 g/mol. The fraction of sp³-hybridized carbons (Fsp3) is 0.409. The van der Waals surface area contributed by atoms with E-state index in [0.29, 0.717) is 18.0 Å². The van der Waals surface area contributed by atoms with Crippen LogP contribution in [0.2, 0.25) is 0 Å². The van der Waals surface area contributed by atoms with E-state index in [-0.39, 0.29) is 16.8 Å². The van der Waals surface area contributed by atoms with Crippen molar-refractivity contribution in [1.82, 2.24) is 10.0 Å². The molecule has 2 aromatic rings. The van der Waals surface area contributed by atoms with Gasteiger partial charge in [-0.1, -0.05) is 43.3 Å². The number of amides is 1. The van der Waals surface area contributed by atoms with Crippen molar-refractivity contribution in [2.75, 3.05) is 6.54 Å². The Bertz CT molecular complexity index is 918. The molecular formula is C22H28N2O3S. The third-order valence-electron chi connectivity index (χ3n) is 5.43. The molecule has 1 aliphatic rings. The lowest BCUT2D eigenvalue weighted by atomic mass is 9.81. The van der Waals surface area contributed by atoms with E-state index in [1.54, 1.807) is 13.0 Å². The molecule has 0 aromatic heterocycles. The molecule has 1 aliphatic carbocycles. The third kappa shape index (κ3) is 4.80. The highest BCUT2D eigenvalue weighted by atomic mass is 32.2. The van der Waals surface area contributed by atoms with Crippen LogP contribution in [0.25, 0.3) is 0 Å². The van der Waals surface area contributed by atoms with E-state index in [0.717, 1.165) is 31.2 Å². The number of hydrogen-bond acceptors (Lipinski definition) is 3. The summed E-state index contributed by atoms with van der Waals surface area (Å²) < 4.78 is 26.9. The van der Waals surface area contributed by atoms with Crippen molar-refractivity contribution in [3.63, 3.8) is 0 Å². The van der Waals surface area contributed by atoms with E-state index in [1.165, 1.54) is 17.7 Å². The van der Waals surface area contributed by atoms with Gasteiger partial charge in [-0.3, -0.25) is 4.79 Å². The Kier molecular flexibility index (Phi) is 6.52. The summed E-state index contributed by atoms with van der Waals surface area (Å²) in [7, 11) is -3.58. The van der Waals surface area contributed by atoms with Gasteiger partial charge in [-0.05, 0) is 61.8 Å². The van der Waals surface area contributed by atoms with E-state index in [1.807, 2.05) is 13.0 Å². The molecular weight excluding hydrogens is 372 g/mol. The van der Waals surface area contributed by atoms with Gasteiger partial charge in [-0.15, -0.1) is 0 Å². The predicted molar refractivity (Wildman–Crippen MR) is 111 cm³/mol. The molecule has 0 bridgehead atoms. The second-order valence-electron chi connectivity index (χ2n) is 7.41. The Balaban J connectivity index is 1.65. The topological polar surface area (TPSA) is 75.3 Å². The number of carbonyl (C=O) groups excluding carboxylic acids is 1. The Morgan fingerprint density at radius 1 is 1.04 bits per heavy atom. The van der Waals surface area contributed by atoms with Crippen molar-refractivity contribution < 1.29 is 13.2 Å². The number of nitrogens with one attached hydrogen (secondary N) is 2. The van der Waals surface area contributed by atoms with Crippen molar-refractivity contribution in [1.29, 1.82) is 0 Å². The zero-order valence-electron chi connectivity index (χ0n) is 16.4. The minimum atomic E-state index is -3.58. The summed E-state index contributed by atoms with van der Waals surface area (Å²) in [4.78, 5) is 12.9. The van der Waals surface area contributed by atoms with Gasteiger partial charge < -0.3 is 5.32 Å². The number of rotatable bonds is 6. The zero-order valence-corrected chi connectivity index (χ0v) is 17.3. The molecule has 6 heteroatoms. The SMILES string of the molecule is CCNS(=O)(=O)c1ccc(C)c(C(=O)NC2CCC(c3ccccc3)CC2)c1. The molecule has 1 fully saturated rings. The molecule has 0 spiro atoms. The summed E-state index contributed by atoms with van der Waals surface area (Å²) in [6.07, 6.45) is 3.95. The van der Waals surface area contributed by atoms with Gasteiger partial charge in [0.05, 0.1) is 4.90 Å². The molecule has 0 heterocycles. The highest BCUT2D eigenvalue weighted by Crippen LogP contribution is 2.32. The van der Waals surface area contributed by atoms with Crippen LogP contribution in [0.1, 0.15) is 60.0 Å². The molecule has 1 amide bonds. The van der Waals surface area contributed by atoms with Gasteiger partial charge in [0.25, 0.3) is 5.91 Å². The molecule has 0 unspecified atom stereocenters. The van der Waals surface area contributed by atoms with Gasteiger partial charge in [0, 0.05) is 18.2 Å². The van der Waals surface area contributed by atoms with E-state index in [2.05, 4.69) is 34.3 Å². The molecule has 0 aliphatic heterocycles. The molecule has 150 valence electrons. The lowest BCUT2D eigenvalue weighted by Crippen LogP contribution is -2.37. The minimum absolute atomic E-state index is 0.123. The maximum Gasteiger partial charge on any atom is 0.251 e. The maximum absolute atomic E-state index is 12.8. The smallest absolute Gasteiger partial charge is 0.251 e. The van der Waals surface area contributed by atoms with Crippen LogP contribution in [-0.4, -0.2) is 26.9 Å². The molecule has 0 saturated heterocycles. The van der Waals surface area contributed by atoms with Gasteiger partial charge in [0.2, 0.25) is 10.0 Å². The first kappa shape index (κ1) is 20.6. The summed E-state index contributed by atoms with van der Waals surface area (Å²) in [6, 6.07) is 15.3. The molecule has 0 atom stereocenters. The van der Waals surface area contributed by atoms with Crippen LogP contribution in [0.5, 0.6) is 0 Å². The standard InChI is InChI=1S/C22H28N2O3S/c1-3-23-28(26,27)20-14-9-16(2)21(15-20)22(25)24-19-12-10-18(11-13-19)17-7-5-4-6-8-17/h4-9,14-15,18-19,23H,3,10-13H2,1-2H3,(H,24,25). The maximum atomic E-state index is 12.8. The molecule has 5 nitrogen and oxygen atoms in total. The second-order valence-corrected chi connectivity index (χ2v) is 9.18. The zero-order chi connectivity index (χ0) is 20.1. The third-order valence-corrected chi connectivity index (χ3v) is 6.97.